The van der Waals surface area contributed by atoms with Crippen LogP contribution in [-0.2, 0) is 15.4 Å². The van der Waals surface area contributed by atoms with E-state index in [1.807, 2.05) is 0 Å². The van der Waals surface area contributed by atoms with Gasteiger partial charge in [-0.25, -0.2) is 21.9 Å². The molecule has 2 aromatic carbocycles. The SMILES string of the molecule is O=S(=O)(NCC1(c2ccc(F)cc2)CC1)c1ccc(F)c(Cl)c1. The zero-order valence-electron chi connectivity index (χ0n) is 12.0. The van der Waals surface area contributed by atoms with Gasteiger partial charge in [0, 0.05) is 12.0 Å². The maximum atomic E-state index is 13.1. The normalized spacial score (nSPS) is 16.3. The van der Waals surface area contributed by atoms with Gasteiger partial charge in [-0.1, -0.05) is 23.7 Å². The van der Waals surface area contributed by atoms with Crippen molar-refractivity contribution in [3.8, 4) is 0 Å². The molecule has 1 saturated carbocycles. The summed E-state index contributed by atoms with van der Waals surface area (Å²) in [7, 11) is -3.78. The van der Waals surface area contributed by atoms with Gasteiger partial charge in [-0.05, 0) is 48.7 Å². The third-order valence-corrected chi connectivity index (χ3v) is 5.80. The zero-order chi connectivity index (χ0) is 16.7. The molecule has 1 N–H and O–H groups in total. The van der Waals surface area contributed by atoms with Crippen molar-refractivity contribution in [2.24, 2.45) is 0 Å². The van der Waals surface area contributed by atoms with Crippen molar-refractivity contribution in [3.63, 3.8) is 0 Å². The Morgan fingerprint density at radius 1 is 1.09 bits per heavy atom. The Morgan fingerprint density at radius 3 is 2.30 bits per heavy atom. The minimum absolute atomic E-state index is 0.0844. The molecule has 0 heterocycles. The van der Waals surface area contributed by atoms with Gasteiger partial charge in [0.2, 0.25) is 10.0 Å². The smallest absolute Gasteiger partial charge is 0.210 e. The predicted octanol–water partition coefficient (Wildman–Crippen LogP) is 3.63. The molecule has 0 atom stereocenters. The van der Waals surface area contributed by atoms with Crippen LogP contribution in [0.5, 0.6) is 0 Å². The second-order valence-corrected chi connectivity index (χ2v) is 7.86. The number of benzene rings is 2. The lowest BCUT2D eigenvalue weighted by Crippen LogP contribution is -2.32. The van der Waals surface area contributed by atoms with Crippen molar-refractivity contribution >= 4 is 21.6 Å². The number of rotatable bonds is 5. The van der Waals surface area contributed by atoms with Crippen molar-refractivity contribution in [2.75, 3.05) is 6.54 Å². The Bertz CT molecular complexity index is 834. The molecule has 0 saturated heterocycles. The summed E-state index contributed by atoms with van der Waals surface area (Å²) < 4.78 is 53.3. The predicted molar refractivity (Wildman–Crippen MR) is 83.9 cm³/mol. The molecule has 0 unspecified atom stereocenters. The van der Waals surface area contributed by atoms with Crippen LogP contribution in [0.1, 0.15) is 18.4 Å². The molecule has 0 spiro atoms. The maximum absolute atomic E-state index is 13.1. The summed E-state index contributed by atoms with van der Waals surface area (Å²) in [6.07, 6.45) is 1.65. The van der Waals surface area contributed by atoms with Gasteiger partial charge in [0.1, 0.15) is 11.6 Å². The Kier molecular flexibility index (Phi) is 4.16. The molecule has 122 valence electrons. The highest BCUT2D eigenvalue weighted by molar-refractivity contribution is 7.89. The number of hydrogen-bond donors (Lipinski definition) is 1. The summed E-state index contributed by atoms with van der Waals surface area (Å²) in [5.74, 6) is -0.998. The van der Waals surface area contributed by atoms with Gasteiger partial charge in [-0.2, -0.15) is 0 Å². The molecule has 1 fully saturated rings. The van der Waals surface area contributed by atoms with Crippen LogP contribution in [0.15, 0.2) is 47.4 Å². The van der Waals surface area contributed by atoms with Crippen LogP contribution in [0.25, 0.3) is 0 Å². The highest BCUT2D eigenvalue weighted by atomic mass is 35.5. The van der Waals surface area contributed by atoms with Crippen molar-refractivity contribution in [1.82, 2.24) is 4.72 Å². The van der Waals surface area contributed by atoms with Crippen LogP contribution < -0.4 is 4.72 Å². The molecule has 1 aliphatic rings. The average molecular weight is 358 g/mol. The monoisotopic (exact) mass is 357 g/mol. The van der Waals surface area contributed by atoms with E-state index >= 15 is 0 Å². The minimum atomic E-state index is -3.78. The summed E-state index contributed by atoms with van der Waals surface area (Å²) in [4.78, 5) is -0.0844. The molecule has 0 aliphatic heterocycles. The van der Waals surface area contributed by atoms with E-state index in [0.717, 1.165) is 30.5 Å². The highest BCUT2D eigenvalue weighted by Gasteiger charge is 2.44. The molecular formula is C16H14ClF2NO2S. The third-order valence-electron chi connectivity index (χ3n) is 4.11. The van der Waals surface area contributed by atoms with E-state index in [1.54, 1.807) is 12.1 Å². The molecule has 0 radical (unpaired) electrons. The summed E-state index contributed by atoms with van der Waals surface area (Å²) in [5.41, 5.74) is 0.601. The summed E-state index contributed by atoms with van der Waals surface area (Å²) in [6, 6.07) is 9.34. The van der Waals surface area contributed by atoms with E-state index in [0.29, 0.717) is 0 Å². The third kappa shape index (κ3) is 3.39. The molecule has 3 rings (SSSR count). The van der Waals surface area contributed by atoms with Gasteiger partial charge < -0.3 is 0 Å². The van der Waals surface area contributed by atoms with Gasteiger partial charge in [0.25, 0.3) is 0 Å². The summed E-state index contributed by atoms with van der Waals surface area (Å²) in [5, 5.41) is -0.243. The van der Waals surface area contributed by atoms with E-state index in [1.165, 1.54) is 18.2 Å². The van der Waals surface area contributed by atoms with Gasteiger partial charge >= 0.3 is 0 Å². The summed E-state index contributed by atoms with van der Waals surface area (Å²) >= 11 is 5.63. The van der Waals surface area contributed by atoms with Crippen molar-refractivity contribution < 1.29 is 17.2 Å². The van der Waals surface area contributed by atoms with E-state index in [9.17, 15) is 17.2 Å². The zero-order valence-corrected chi connectivity index (χ0v) is 13.6. The minimum Gasteiger partial charge on any atom is -0.210 e. The Balaban J connectivity index is 1.76. The van der Waals surface area contributed by atoms with Crippen LogP contribution in [0.3, 0.4) is 0 Å². The number of sulfonamides is 1. The van der Waals surface area contributed by atoms with Crippen molar-refractivity contribution in [3.05, 3.63) is 64.7 Å². The lowest BCUT2D eigenvalue weighted by Gasteiger charge is -2.17. The summed E-state index contributed by atoms with van der Waals surface area (Å²) in [6.45, 7) is 0.204. The second kappa shape index (κ2) is 5.85. The van der Waals surface area contributed by atoms with Gasteiger partial charge in [0.05, 0.1) is 9.92 Å². The first-order valence-electron chi connectivity index (χ1n) is 7.03. The first-order valence-corrected chi connectivity index (χ1v) is 8.89. The van der Waals surface area contributed by atoms with Crippen LogP contribution in [0.4, 0.5) is 8.78 Å². The van der Waals surface area contributed by atoms with Crippen LogP contribution in [0, 0.1) is 11.6 Å². The molecule has 3 nitrogen and oxygen atoms in total. The topological polar surface area (TPSA) is 46.2 Å². The Morgan fingerprint density at radius 2 is 1.74 bits per heavy atom. The number of nitrogens with one attached hydrogen (secondary N) is 1. The van der Waals surface area contributed by atoms with Crippen molar-refractivity contribution in [1.29, 1.82) is 0 Å². The van der Waals surface area contributed by atoms with Gasteiger partial charge in [-0.3, -0.25) is 0 Å². The largest absolute Gasteiger partial charge is 0.240 e. The highest BCUT2D eigenvalue weighted by Crippen LogP contribution is 2.47. The lowest BCUT2D eigenvalue weighted by molar-refractivity contribution is 0.565. The van der Waals surface area contributed by atoms with Crippen molar-refractivity contribution in [2.45, 2.75) is 23.2 Å². The molecule has 2 aromatic rings. The maximum Gasteiger partial charge on any atom is 0.240 e. The van der Waals surface area contributed by atoms with E-state index in [4.69, 9.17) is 11.6 Å². The first-order chi connectivity index (χ1) is 10.8. The fourth-order valence-electron chi connectivity index (χ4n) is 2.48. The Labute approximate surface area is 138 Å². The van der Waals surface area contributed by atoms with Gasteiger partial charge in [-0.15, -0.1) is 0 Å². The van der Waals surface area contributed by atoms with Crippen LogP contribution >= 0.6 is 11.6 Å². The molecule has 7 heteroatoms. The molecule has 0 aromatic heterocycles. The number of halogens is 3. The fraction of sp³-hybridized carbons (Fsp3) is 0.250. The number of hydrogen-bond acceptors (Lipinski definition) is 2. The van der Waals surface area contributed by atoms with E-state index in [-0.39, 0.29) is 27.7 Å². The van der Waals surface area contributed by atoms with Gasteiger partial charge in [0.15, 0.2) is 0 Å². The molecular weight excluding hydrogens is 344 g/mol. The lowest BCUT2D eigenvalue weighted by atomic mass is 9.96. The van der Waals surface area contributed by atoms with E-state index < -0.39 is 15.8 Å². The fourth-order valence-corrected chi connectivity index (χ4v) is 3.88. The molecule has 0 amide bonds. The average Bonchev–Trinajstić information content (AvgIpc) is 3.30. The molecule has 23 heavy (non-hydrogen) atoms. The molecule has 1 aliphatic carbocycles. The second-order valence-electron chi connectivity index (χ2n) is 5.69. The quantitative estimate of drug-likeness (QED) is 0.888. The van der Waals surface area contributed by atoms with Crippen LogP contribution in [-0.4, -0.2) is 15.0 Å². The molecule has 0 bridgehead atoms. The standard InChI is InChI=1S/C16H14ClF2NO2S/c17-14-9-13(5-6-15(14)19)23(21,22)20-10-16(7-8-16)11-1-3-12(18)4-2-11/h1-6,9,20H,7-8,10H2. The van der Waals surface area contributed by atoms with E-state index in [2.05, 4.69) is 4.72 Å². The first kappa shape index (κ1) is 16.4. The Hall–Kier alpha value is -1.50. The van der Waals surface area contributed by atoms with Crippen LogP contribution in [0.2, 0.25) is 5.02 Å².